The first-order valence-electron chi connectivity index (χ1n) is 11.7. The summed E-state index contributed by atoms with van der Waals surface area (Å²) >= 11 is 3.48. The van der Waals surface area contributed by atoms with E-state index in [2.05, 4.69) is 35.6 Å². The maximum atomic E-state index is 13.0. The van der Waals surface area contributed by atoms with Gasteiger partial charge in [0, 0.05) is 25.7 Å². The average molecular weight is 555 g/mol. The van der Waals surface area contributed by atoms with E-state index in [1.165, 1.54) is 7.11 Å². The van der Waals surface area contributed by atoms with Crippen LogP contribution >= 0.6 is 15.9 Å². The Bertz CT molecular complexity index is 1060. The fourth-order valence-electron chi connectivity index (χ4n) is 4.01. The third-order valence-electron chi connectivity index (χ3n) is 5.64. The summed E-state index contributed by atoms with van der Waals surface area (Å²) in [5.41, 5.74) is 1.11. The monoisotopic (exact) mass is 553 g/mol. The topological polar surface area (TPSA) is 82.9 Å². The van der Waals surface area contributed by atoms with E-state index in [0.29, 0.717) is 35.6 Å². The van der Waals surface area contributed by atoms with Crippen LogP contribution < -0.4 is 0 Å². The SMILES string of the molecule is COC(=O)c1cc(Br)cc2nc([C@@H]3CCCN3C(=O)OC(C)(C)C)n(COCC[Si](C)(C)C)c12. The Kier molecular flexibility index (Phi) is 8.14. The van der Waals surface area contributed by atoms with Gasteiger partial charge >= 0.3 is 12.1 Å². The molecule has 0 spiro atoms. The number of ether oxygens (including phenoxy) is 3. The van der Waals surface area contributed by atoms with E-state index >= 15 is 0 Å². The fourth-order valence-corrected chi connectivity index (χ4v) is 5.21. The number of amides is 1. The summed E-state index contributed by atoms with van der Waals surface area (Å²) in [4.78, 5) is 32.3. The van der Waals surface area contributed by atoms with E-state index in [1.54, 1.807) is 11.0 Å². The Labute approximate surface area is 211 Å². The Morgan fingerprint density at radius 2 is 1.94 bits per heavy atom. The van der Waals surface area contributed by atoms with Gasteiger partial charge in [0.1, 0.15) is 18.2 Å². The molecule has 1 fully saturated rings. The molecule has 0 aliphatic carbocycles. The lowest BCUT2D eigenvalue weighted by Crippen LogP contribution is -2.37. The van der Waals surface area contributed by atoms with Crippen LogP contribution in [0.5, 0.6) is 0 Å². The second-order valence-corrected chi connectivity index (χ2v) is 17.4. The summed E-state index contributed by atoms with van der Waals surface area (Å²) in [7, 11) is 0.101. The zero-order valence-electron chi connectivity index (χ0n) is 21.2. The van der Waals surface area contributed by atoms with Crippen LogP contribution in [-0.2, 0) is 20.9 Å². The molecule has 1 aliphatic rings. The molecule has 34 heavy (non-hydrogen) atoms. The highest BCUT2D eigenvalue weighted by molar-refractivity contribution is 9.10. The Morgan fingerprint density at radius 3 is 2.56 bits per heavy atom. The first-order chi connectivity index (χ1) is 15.8. The molecular formula is C24H36BrN3O5Si. The summed E-state index contributed by atoms with van der Waals surface area (Å²) in [5.74, 6) is 0.242. The molecule has 1 aromatic heterocycles. The second-order valence-electron chi connectivity index (χ2n) is 10.9. The van der Waals surface area contributed by atoms with Crippen LogP contribution in [0.25, 0.3) is 11.0 Å². The molecule has 0 bridgehead atoms. The molecule has 1 aliphatic heterocycles. The van der Waals surface area contributed by atoms with Crippen molar-refractivity contribution in [2.75, 3.05) is 20.3 Å². The van der Waals surface area contributed by atoms with Crippen molar-refractivity contribution in [2.24, 2.45) is 0 Å². The molecule has 1 saturated heterocycles. The van der Waals surface area contributed by atoms with Gasteiger partial charge in [0.25, 0.3) is 0 Å². The standard InChI is InChI=1S/C24H36BrN3O5Si/c1-24(2,3)33-23(30)27-10-8-9-19(27)21-26-18-14-16(25)13-17(22(29)31-4)20(18)28(21)15-32-11-12-34(5,6)7/h13-14,19H,8-12,15H2,1-7H3/t19-/m0/s1. The highest BCUT2D eigenvalue weighted by Crippen LogP contribution is 2.36. The smallest absolute Gasteiger partial charge is 0.410 e. The number of likely N-dealkylation sites (tertiary alicyclic amines) is 1. The van der Waals surface area contributed by atoms with Crippen molar-refractivity contribution in [1.29, 1.82) is 0 Å². The summed E-state index contributed by atoms with van der Waals surface area (Å²) in [6, 6.07) is 4.36. The number of halogens is 1. The number of carbonyl (C=O) groups is 2. The molecule has 0 radical (unpaired) electrons. The number of imidazole rings is 1. The van der Waals surface area contributed by atoms with Crippen molar-refractivity contribution in [3.8, 4) is 0 Å². The van der Waals surface area contributed by atoms with E-state index in [4.69, 9.17) is 19.2 Å². The minimum atomic E-state index is -1.26. The Hall–Kier alpha value is -1.91. The number of benzene rings is 1. The molecule has 10 heteroatoms. The number of esters is 1. The summed E-state index contributed by atoms with van der Waals surface area (Å²) in [6.07, 6.45) is 1.24. The largest absolute Gasteiger partial charge is 0.465 e. The molecule has 0 N–H and O–H groups in total. The second kappa shape index (κ2) is 10.4. The van der Waals surface area contributed by atoms with Crippen LogP contribution in [0.3, 0.4) is 0 Å². The highest BCUT2D eigenvalue weighted by atomic mass is 79.9. The lowest BCUT2D eigenvalue weighted by atomic mass is 10.2. The molecule has 2 heterocycles. The molecule has 2 aromatic rings. The predicted molar refractivity (Wildman–Crippen MR) is 138 cm³/mol. The molecule has 1 aromatic carbocycles. The van der Waals surface area contributed by atoms with Crippen molar-refractivity contribution in [1.82, 2.24) is 14.5 Å². The van der Waals surface area contributed by atoms with Crippen LogP contribution in [-0.4, -0.2) is 60.4 Å². The third kappa shape index (κ3) is 6.40. The van der Waals surface area contributed by atoms with Crippen molar-refractivity contribution in [3.05, 3.63) is 28.0 Å². The summed E-state index contributed by atoms with van der Waals surface area (Å²) in [6.45, 7) is 13.9. The minimum absolute atomic E-state index is 0.237. The van der Waals surface area contributed by atoms with Crippen LogP contribution in [0.2, 0.25) is 25.7 Å². The molecule has 188 valence electrons. The van der Waals surface area contributed by atoms with Gasteiger partial charge in [-0.15, -0.1) is 0 Å². The Balaban J connectivity index is 2.05. The van der Waals surface area contributed by atoms with Crippen molar-refractivity contribution in [2.45, 2.75) is 77.7 Å². The normalized spacial score (nSPS) is 16.8. The van der Waals surface area contributed by atoms with Gasteiger partial charge in [0.05, 0.1) is 29.7 Å². The van der Waals surface area contributed by atoms with E-state index in [1.807, 2.05) is 31.4 Å². The van der Waals surface area contributed by atoms with Gasteiger partial charge in [-0.3, -0.25) is 4.90 Å². The molecule has 0 saturated carbocycles. The number of nitrogens with zero attached hydrogens (tertiary/aromatic N) is 3. The van der Waals surface area contributed by atoms with Crippen LogP contribution in [0, 0.1) is 0 Å². The Morgan fingerprint density at radius 1 is 1.24 bits per heavy atom. The van der Waals surface area contributed by atoms with Gasteiger partial charge in [-0.05, 0) is 51.8 Å². The number of aromatic nitrogens is 2. The number of rotatable bonds is 7. The number of carbonyl (C=O) groups excluding carboxylic acids is 2. The van der Waals surface area contributed by atoms with Crippen molar-refractivity contribution < 1.29 is 23.8 Å². The molecular weight excluding hydrogens is 518 g/mol. The molecule has 8 nitrogen and oxygen atoms in total. The summed E-state index contributed by atoms with van der Waals surface area (Å²) < 4.78 is 19.5. The number of fused-ring (bicyclic) bond motifs is 1. The maximum Gasteiger partial charge on any atom is 0.410 e. The van der Waals surface area contributed by atoms with Gasteiger partial charge in [-0.2, -0.15) is 0 Å². The molecule has 1 atom stereocenters. The number of hydrogen-bond acceptors (Lipinski definition) is 6. The number of hydrogen-bond donors (Lipinski definition) is 0. The average Bonchev–Trinajstić information content (AvgIpc) is 3.32. The maximum absolute atomic E-state index is 13.0. The van der Waals surface area contributed by atoms with E-state index < -0.39 is 19.6 Å². The zero-order valence-corrected chi connectivity index (χ0v) is 23.8. The first kappa shape index (κ1) is 26.7. The van der Waals surface area contributed by atoms with Crippen molar-refractivity contribution in [3.63, 3.8) is 0 Å². The van der Waals surface area contributed by atoms with Crippen molar-refractivity contribution >= 4 is 47.1 Å². The summed E-state index contributed by atoms with van der Waals surface area (Å²) in [5, 5.41) is 0. The lowest BCUT2D eigenvalue weighted by Gasteiger charge is -2.28. The van der Waals surface area contributed by atoms with E-state index in [-0.39, 0.29) is 18.9 Å². The van der Waals surface area contributed by atoms with Crippen LogP contribution in [0.15, 0.2) is 16.6 Å². The van der Waals surface area contributed by atoms with Crippen LogP contribution in [0.4, 0.5) is 4.79 Å². The third-order valence-corrected chi connectivity index (χ3v) is 7.80. The molecule has 0 unspecified atom stereocenters. The molecule has 1 amide bonds. The predicted octanol–water partition coefficient (Wildman–Crippen LogP) is 5.97. The minimum Gasteiger partial charge on any atom is -0.465 e. The first-order valence-corrected chi connectivity index (χ1v) is 16.2. The van der Waals surface area contributed by atoms with Gasteiger partial charge in [-0.25, -0.2) is 14.6 Å². The van der Waals surface area contributed by atoms with Gasteiger partial charge in [0.15, 0.2) is 0 Å². The number of methoxy groups -OCH3 is 1. The quantitative estimate of drug-likeness (QED) is 0.238. The fraction of sp³-hybridized carbons (Fsp3) is 0.625. The van der Waals surface area contributed by atoms with E-state index in [9.17, 15) is 9.59 Å². The highest BCUT2D eigenvalue weighted by Gasteiger charge is 2.37. The van der Waals surface area contributed by atoms with Crippen LogP contribution in [0.1, 0.15) is 55.8 Å². The van der Waals surface area contributed by atoms with E-state index in [0.717, 1.165) is 23.4 Å². The molecule has 3 rings (SSSR count). The van der Waals surface area contributed by atoms with Gasteiger partial charge < -0.3 is 18.8 Å². The lowest BCUT2D eigenvalue weighted by molar-refractivity contribution is 0.0204. The van der Waals surface area contributed by atoms with Gasteiger partial charge in [-0.1, -0.05) is 35.6 Å². The zero-order chi connectivity index (χ0) is 25.3. The van der Waals surface area contributed by atoms with Gasteiger partial charge in [0.2, 0.25) is 0 Å².